The van der Waals surface area contributed by atoms with Gasteiger partial charge in [-0.15, -0.1) is 0 Å². The Morgan fingerprint density at radius 1 is 0.879 bits per heavy atom. The van der Waals surface area contributed by atoms with Crippen LogP contribution in [0.4, 0.5) is 0 Å². The molecule has 1 fully saturated rings. The number of nitrogens with zero attached hydrogens (tertiary/aromatic N) is 4. The molecular weight excluding hydrogens is 420 g/mol. The van der Waals surface area contributed by atoms with E-state index in [1.165, 1.54) is 6.26 Å². The smallest absolute Gasteiger partial charge is 0.289 e. The molecule has 0 saturated carbocycles. The predicted molar refractivity (Wildman–Crippen MR) is 122 cm³/mol. The van der Waals surface area contributed by atoms with Crippen LogP contribution >= 0.6 is 0 Å². The minimum absolute atomic E-state index is 0.00999. The Bertz CT molecular complexity index is 1240. The second-order valence-electron chi connectivity index (χ2n) is 7.85. The van der Waals surface area contributed by atoms with Crippen molar-refractivity contribution in [3.8, 4) is 5.75 Å². The molecule has 5 rings (SSSR count). The van der Waals surface area contributed by atoms with E-state index in [1.54, 1.807) is 21.9 Å². The van der Waals surface area contributed by atoms with Gasteiger partial charge in [0.05, 0.1) is 17.3 Å². The predicted octanol–water partition coefficient (Wildman–Crippen LogP) is 3.19. The molecule has 2 aromatic carbocycles. The molecule has 0 atom stereocenters. The van der Waals surface area contributed by atoms with Crippen LogP contribution in [0.2, 0.25) is 0 Å². The zero-order chi connectivity index (χ0) is 22.6. The van der Waals surface area contributed by atoms with Crippen molar-refractivity contribution in [1.82, 2.24) is 19.4 Å². The molecule has 8 heteroatoms. The largest absolute Gasteiger partial charge is 0.486 e. The van der Waals surface area contributed by atoms with Gasteiger partial charge in [0.15, 0.2) is 5.76 Å². The van der Waals surface area contributed by atoms with Crippen LogP contribution < -0.4 is 4.74 Å². The average Bonchev–Trinajstić information content (AvgIpc) is 3.52. The standard InChI is InChI=1S/C25H24N4O4/c30-24(27-12-14-28(15-13-27)25(31)22-11-6-16-32-22)17-29-21-10-5-4-9-20(21)26-23(29)18-33-19-7-2-1-3-8-19/h1-11,16H,12-15,17-18H2. The second kappa shape index (κ2) is 9.20. The van der Waals surface area contributed by atoms with E-state index in [0.29, 0.717) is 37.8 Å². The van der Waals surface area contributed by atoms with Gasteiger partial charge < -0.3 is 23.5 Å². The van der Waals surface area contributed by atoms with E-state index in [-0.39, 0.29) is 25.0 Å². The first-order chi connectivity index (χ1) is 16.2. The highest BCUT2D eigenvalue weighted by atomic mass is 16.5. The van der Waals surface area contributed by atoms with Gasteiger partial charge in [-0.2, -0.15) is 0 Å². The van der Waals surface area contributed by atoms with E-state index in [0.717, 1.165) is 16.8 Å². The summed E-state index contributed by atoms with van der Waals surface area (Å²) >= 11 is 0. The number of amides is 2. The summed E-state index contributed by atoms with van der Waals surface area (Å²) < 4.78 is 13.0. The summed E-state index contributed by atoms with van der Waals surface area (Å²) in [4.78, 5) is 33.8. The summed E-state index contributed by atoms with van der Waals surface area (Å²) in [6.45, 7) is 2.33. The van der Waals surface area contributed by atoms with Crippen molar-refractivity contribution in [2.24, 2.45) is 0 Å². The number of hydrogen-bond donors (Lipinski definition) is 0. The maximum atomic E-state index is 13.2. The van der Waals surface area contributed by atoms with Crippen molar-refractivity contribution >= 4 is 22.8 Å². The van der Waals surface area contributed by atoms with Gasteiger partial charge >= 0.3 is 0 Å². The Hall–Kier alpha value is -4.07. The third-order valence-electron chi connectivity index (χ3n) is 5.79. The summed E-state index contributed by atoms with van der Waals surface area (Å²) in [6.07, 6.45) is 1.49. The van der Waals surface area contributed by atoms with Crippen LogP contribution in [0.25, 0.3) is 11.0 Å². The molecule has 0 spiro atoms. The van der Waals surface area contributed by atoms with Crippen LogP contribution in [-0.4, -0.2) is 57.3 Å². The van der Waals surface area contributed by atoms with Gasteiger partial charge in [0.25, 0.3) is 5.91 Å². The number of hydrogen-bond acceptors (Lipinski definition) is 5. The monoisotopic (exact) mass is 444 g/mol. The molecule has 168 valence electrons. The maximum absolute atomic E-state index is 13.2. The fraction of sp³-hybridized carbons (Fsp3) is 0.240. The van der Waals surface area contributed by atoms with Gasteiger partial charge in [0.2, 0.25) is 5.91 Å². The summed E-state index contributed by atoms with van der Waals surface area (Å²) in [7, 11) is 0. The molecule has 0 unspecified atom stereocenters. The van der Waals surface area contributed by atoms with Crippen molar-refractivity contribution in [3.63, 3.8) is 0 Å². The van der Waals surface area contributed by atoms with Crippen molar-refractivity contribution in [2.75, 3.05) is 26.2 Å². The maximum Gasteiger partial charge on any atom is 0.289 e. The highest BCUT2D eigenvalue weighted by Crippen LogP contribution is 2.19. The second-order valence-corrected chi connectivity index (χ2v) is 7.85. The molecular formula is C25H24N4O4. The molecule has 0 aliphatic carbocycles. The van der Waals surface area contributed by atoms with Gasteiger partial charge in [-0.05, 0) is 36.4 Å². The third kappa shape index (κ3) is 4.45. The van der Waals surface area contributed by atoms with E-state index < -0.39 is 0 Å². The number of imidazole rings is 1. The van der Waals surface area contributed by atoms with Crippen LogP contribution in [-0.2, 0) is 17.9 Å². The molecule has 0 bridgehead atoms. The first-order valence-corrected chi connectivity index (χ1v) is 10.9. The molecule has 1 saturated heterocycles. The van der Waals surface area contributed by atoms with E-state index in [4.69, 9.17) is 14.1 Å². The summed E-state index contributed by atoms with van der Waals surface area (Å²) in [5, 5.41) is 0. The van der Waals surface area contributed by atoms with E-state index >= 15 is 0 Å². The normalized spacial score (nSPS) is 13.9. The molecule has 0 radical (unpaired) electrons. The third-order valence-corrected chi connectivity index (χ3v) is 5.79. The fourth-order valence-electron chi connectivity index (χ4n) is 4.03. The molecule has 0 N–H and O–H groups in total. The number of rotatable bonds is 6. The highest BCUT2D eigenvalue weighted by molar-refractivity contribution is 5.91. The zero-order valence-electron chi connectivity index (χ0n) is 18.1. The number of aromatic nitrogens is 2. The zero-order valence-corrected chi connectivity index (χ0v) is 18.1. The number of ether oxygens (including phenoxy) is 1. The van der Waals surface area contributed by atoms with Gasteiger partial charge in [-0.25, -0.2) is 4.98 Å². The molecule has 2 aromatic heterocycles. The van der Waals surface area contributed by atoms with E-state index in [9.17, 15) is 9.59 Å². The molecule has 1 aliphatic heterocycles. The number of carbonyl (C=O) groups excluding carboxylic acids is 2. The topological polar surface area (TPSA) is 80.8 Å². The Labute approximate surface area is 191 Å². The van der Waals surface area contributed by atoms with Crippen LogP contribution in [0, 0.1) is 0 Å². The van der Waals surface area contributed by atoms with Crippen molar-refractivity contribution in [1.29, 1.82) is 0 Å². The Kier molecular flexibility index (Phi) is 5.80. The summed E-state index contributed by atoms with van der Waals surface area (Å²) in [5.74, 6) is 1.61. The molecule has 8 nitrogen and oxygen atoms in total. The average molecular weight is 444 g/mol. The van der Waals surface area contributed by atoms with Crippen molar-refractivity contribution in [3.05, 3.63) is 84.6 Å². The number of furan rings is 1. The lowest BCUT2D eigenvalue weighted by Crippen LogP contribution is -2.51. The van der Waals surface area contributed by atoms with Crippen LogP contribution in [0.1, 0.15) is 16.4 Å². The minimum atomic E-state index is -0.145. The van der Waals surface area contributed by atoms with E-state index in [2.05, 4.69) is 0 Å². The highest BCUT2D eigenvalue weighted by Gasteiger charge is 2.27. The van der Waals surface area contributed by atoms with Crippen LogP contribution in [0.3, 0.4) is 0 Å². The van der Waals surface area contributed by atoms with Gasteiger partial charge in [-0.3, -0.25) is 9.59 Å². The Morgan fingerprint density at radius 3 is 2.36 bits per heavy atom. The van der Waals surface area contributed by atoms with Crippen molar-refractivity contribution < 1.29 is 18.7 Å². The SMILES string of the molecule is O=C(Cn1c(COc2ccccc2)nc2ccccc21)N1CCN(C(=O)c2ccco2)CC1. The Morgan fingerprint density at radius 2 is 1.61 bits per heavy atom. The molecule has 1 aliphatic rings. The number of fused-ring (bicyclic) bond motifs is 1. The lowest BCUT2D eigenvalue weighted by molar-refractivity contribution is -0.133. The first-order valence-electron chi connectivity index (χ1n) is 10.9. The number of para-hydroxylation sites is 3. The lowest BCUT2D eigenvalue weighted by atomic mass is 10.2. The number of carbonyl (C=O) groups is 2. The first kappa shape index (κ1) is 20.8. The van der Waals surface area contributed by atoms with Crippen LogP contribution in [0.5, 0.6) is 5.75 Å². The molecule has 33 heavy (non-hydrogen) atoms. The summed E-state index contributed by atoms with van der Waals surface area (Å²) in [6, 6.07) is 20.7. The van der Waals surface area contributed by atoms with Crippen molar-refractivity contribution in [2.45, 2.75) is 13.2 Å². The number of piperazine rings is 1. The van der Waals surface area contributed by atoms with Gasteiger partial charge in [0, 0.05) is 26.2 Å². The lowest BCUT2D eigenvalue weighted by Gasteiger charge is -2.34. The minimum Gasteiger partial charge on any atom is -0.486 e. The van der Waals surface area contributed by atoms with E-state index in [1.807, 2.05) is 59.2 Å². The van der Waals surface area contributed by atoms with Gasteiger partial charge in [0.1, 0.15) is 24.7 Å². The Balaban J connectivity index is 1.27. The molecule has 3 heterocycles. The molecule has 2 amide bonds. The number of benzene rings is 2. The fourth-order valence-corrected chi connectivity index (χ4v) is 4.03. The van der Waals surface area contributed by atoms with Gasteiger partial charge in [-0.1, -0.05) is 30.3 Å². The van der Waals surface area contributed by atoms with Crippen LogP contribution in [0.15, 0.2) is 77.4 Å². The summed E-state index contributed by atoms with van der Waals surface area (Å²) in [5.41, 5.74) is 1.72. The quantitative estimate of drug-likeness (QED) is 0.456. The molecule has 4 aromatic rings.